The third-order valence-electron chi connectivity index (χ3n) is 4.11. The van der Waals surface area contributed by atoms with Crippen LogP contribution in [0.2, 0.25) is 5.02 Å². The molecule has 140 valence electrons. The summed E-state index contributed by atoms with van der Waals surface area (Å²) in [4.78, 5) is 25.9. The van der Waals surface area contributed by atoms with Gasteiger partial charge < -0.3 is 4.74 Å². The Hall–Kier alpha value is -1.40. The molecule has 0 saturated carbocycles. The molecule has 0 aliphatic rings. The van der Waals surface area contributed by atoms with Gasteiger partial charge in [-0.2, -0.15) is 0 Å². The number of carbonyl (C=O) groups is 2. The molecule has 0 fully saturated rings. The first kappa shape index (κ1) is 21.6. The predicted octanol–water partition coefficient (Wildman–Crippen LogP) is 3.87. The Labute approximate surface area is 157 Å². The van der Waals surface area contributed by atoms with Crippen LogP contribution in [0.1, 0.15) is 48.0 Å². The van der Waals surface area contributed by atoms with Crippen molar-refractivity contribution in [1.29, 1.82) is 0 Å². The summed E-state index contributed by atoms with van der Waals surface area (Å²) >= 11 is 5.81. The minimum absolute atomic E-state index is 0.287. The van der Waals surface area contributed by atoms with Crippen molar-refractivity contribution in [2.24, 2.45) is 11.3 Å². The van der Waals surface area contributed by atoms with Gasteiger partial charge in [-0.25, -0.2) is 4.21 Å². The summed E-state index contributed by atoms with van der Waals surface area (Å²) in [7, 11) is -1.79. The Morgan fingerprint density at radius 3 is 2.16 bits per heavy atom. The highest BCUT2D eigenvalue weighted by Crippen LogP contribution is 2.33. The minimum Gasteiger partial charge on any atom is -0.459 e. The van der Waals surface area contributed by atoms with Crippen LogP contribution >= 0.6 is 11.6 Å². The quantitative estimate of drug-likeness (QED) is 0.594. The van der Waals surface area contributed by atoms with E-state index in [-0.39, 0.29) is 5.92 Å². The third kappa shape index (κ3) is 5.54. The largest absolute Gasteiger partial charge is 0.459 e. The van der Waals surface area contributed by atoms with E-state index in [2.05, 4.69) is 4.72 Å². The molecule has 0 aromatic heterocycles. The number of ether oxygens (including phenoxy) is 1. The van der Waals surface area contributed by atoms with Gasteiger partial charge >= 0.3 is 5.97 Å². The Morgan fingerprint density at radius 1 is 1.20 bits per heavy atom. The van der Waals surface area contributed by atoms with Crippen LogP contribution in [-0.4, -0.2) is 21.7 Å². The van der Waals surface area contributed by atoms with Crippen LogP contribution in [0.25, 0.3) is 0 Å². The maximum atomic E-state index is 12.8. The van der Waals surface area contributed by atoms with Gasteiger partial charge in [0.25, 0.3) is 0 Å². The van der Waals surface area contributed by atoms with Gasteiger partial charge in [-0.1, -0.05) is 31.9 Å². The zero-order valence-electron chi connectivity index (χ0n) is 15.5. The van der Waals surface area contributed by atoms with Gasteiger partial charge in [0.2, 0.25) is 5.91 Å². The van der Waals surface area contributed by atoms with E-state index in [1.165, 1.54) is 6.92 Å². The third-order valence-corrected chi connectivity index (χ3v) is 5.43. The van der Waals surface area contributed by atoms with Crippen molar-refractivity contribution in [3.05, 3.63) is 29.3 Å². The van der Waals surface area contributed by atoms with Gasteiger partial charge in [0.05, 0.1) is 4.90 Å². The molecule has 1 aromatic carbocycles. The van der Waals surface area contributed by atoms with Crippen molar-refractivity contribution in [2.75, 3.05) is 0 Å². The maximum Gasteiger partial charge on any atom is 0.322 e. The molecule has 1 rings (SSSR count). The van der Waals surface area contributed by atoms with E-state index in [0.29, 0.717) is 16.3 Å². The molecule has 0 saturated heterocycles. The van der Waals surface area contributed by atoms with Gasteiger partial charge in [-0.05, 0) is 57.9 Å². The first-order valence-corrected chi connectivity index (χ1v) is 9.66. The number of rotatable bonds is 6. The second-order valence-electron chi connectivity index (χ2n) is 7.17. The fourth-order valence-corrected chi connectivity index (χ4v) is 3.12. The number of halogens is 1. The lowest BCUT2D eigenvalue weighted by Gasteiger charge is -2.34. The fourth-order valence-electron chi connectivity index (χ4n) is 2.12. The minimum atomic E-state index is -1.79. The Bertz CT molecular complexity index is 654. The highest BCUT2D eigenvalue weighted by atomic mass is 35.5. The molecule has 1 N–H and O–H groups in total. The van der Waals surface area contributed by atoms with Crippen LogP contribution in [0.15, 0.2) is 29.2 Å². The van der Waals surface area contributed by atoms with Crippen molar-refractivity contribution >= 4 is 34.5 Å². The predicted molar refractivity (Wildman–Crippen MR) is 99.4 cm³/mol. The molecule has 0 aliphatic carbocycles. The zero-order chi connectivity index (χ0) is 19.4. The first-order chi connectivity index (χ1) is 11.4. The topological polar surface area (TPSA) is 72.5 Å². The SMILES string of the molecule is CC[C@H](C)[C@](C)(C(=O)NS(=O)c1ccc(Cl)cc1)C(=O)OC(C)(C)C. The van der Waals surface area contributed by atoms with E-state index in [1.807, 2.05) is 6.92 Å². The monoisotopic (exact) mass is 387 g/mol. The lowest BCUT2D eigenvalue weighted by Crippen LogP contribution is -2.51. The summed E-state index contributed by atoms with van der Waals surface area (Å²) < 4.78 is 20.3. The summed E-state index contributed by atoms with van der Waals surface area (Å²) in [6.07, 6.45) is 0.594. The maximum absolute atomic E-state index is 12.8. The molecule has 5 nitrogen and oxygen atoms in total. The number of hydrogen-bond donors (Lipinski definition) is 1. The van der Waals surface area contributed by atoms with Crippen molar-refractivity contribution in [3.8, 4) is 0 Å². The molecule has 1 amide bonds. The number of nitrogens with one attached hydrogen (secondary N) is 1. The number of esters is 1. The van der Waals surface area contributed by atoms with Crippen molar-refractivity contribution in [2.45, 2.75) is 58.5 Å². The van der Waals surface area contributed by atoms with Gasteiger partial charge in [0, 0.05) is 5.02 Å². The van der Waals surface area contributed by atoms with Crippen LogP contribution in [0, 0.1) is 11.3 Å². The average molecular weight is 388 g/mol. The number of amides is 1. The summed E-state index contributed by atoms with van der Waals surface area (Å²) in [5.74, 6) is -1.53. The molecule has 0 spiro atoms. The Morgan fingerprint density at radius 2 is 1.72 bits per heavy atom. The van der Waals surface area contributed by atoms with E-state index < -0.39 is 33.9 Å². The van der Waals surface area contributed by atoms with E-state index in [1.54, 1.807) is 52.0 Å². The number of hydrogen-bond acceptors (Lipinski definition) is 4. The summed E-state index contributed by atoms with van der Waals surface area (Å²) in [5, 5.41) is 0.505. The lowest BCUT2D eigenvalue weighted by molar-refractivity contribution is -0.173. The van der Waals surface area contributed by atoms with Crippen molar-refractivity contribution in [3.63, 3.8) is 0 Å². The van der Waals surface area contributed by atoms with Gasteiger partial charge in [0.15, 0.2) is 11.0 Å². The number of benzene rings is 1. The van der Waals surface area contributed by atoms with E-state index in [9.17, 15) is 13.8 Å². The number of carbonyl (C=O) groups excluding carboxylic acids is 2. The highest BCUT2D eigenvalue weighted by molar-refractivity contribution is 7.83. The van der Waals surface area contributed by atoms with Crippen LogP contribution in [0.3, 0.4) is 0 Å². The highest BCUT2D eigenvalue weighted by Gasteiger charge is 2.48. The molecular formula is C18H26ClNO4S. The molecule has 1 unspecified atom stereocenters. The zero-order valence-corrected chi connectivity index (χ0v) is 17.1. The molecule has 0 radical (unpaired) electrons. The van der Waals surface area contributed by atoms with E-state index in [4.69, 9.17) is 16.3 Å². The summed E-state index contributed by atoms with van der Waals surface area (Å²) in [6.45, 7) is 10.4. The molecule has 3 atom stereocenters. The van der Waals surface area contributed by atoms with Gasteiger partial charge in [-0.3, -0.25) is 14.3 Å². The Balaban J connectivity index is 3.06. The normalized spacial score (nSPS) is 16.4. The molecule has 0 bridgehead atoms. The van der Waals surface area contributed by atoms with Crippen LogP contribution in [0.5, 0.6) is 0 Å². The van der Waals surface area contributed by atoms with E-state index in [0.717, 1.165) is 0 Å². The average Bonchev–Trinajstić information content (AvgIpc) is 2.51. The standard InChI is InChI=1S/C18H26ClNO4S/c1-7-12(2)18(6,16(22)24-17(3,4)5)15(21)20-25(23)14-10-8-13(19)9-11-14/h8-12H,7H2,1-6H3,(H,20,21)/t12-,18+,25?/m0/s1. The van der Waals surface area contributed by atoms with Crippen LogP contribution in [-0.2, 0) is 25.3 Å². The van der Waals surface area contributed by atoms with Crippen LogP contribution < -0.4 is 4.72 Å². The molecule has 0 aliphatic heterocycles. The fraction of sp³-hybridized carbons (Fsp3) is 0.556. The molecule has 7 heteroatoms. The van der Waals surface area contributed by atoms with Crippen LogP contribution in [0.4, 0.5) is 0 Å². The Kier molecular flexibility index (Phi) is 7.20. The molecule has 25 heavy (non-hydrogen) atoms. The smallest absolute Gasteiger partial charge is 0.322 e. The summed E-state index contributed by atoms with van der Waals surface area (Å²) in [5.41, 5.74) is -2.16. The summed E-state index contributed by atoms with van der Waals surface area (Å²) in [6, 6.07) is 6.30. The van der Waals surface area contributed by atoms with Crippen molar-refractivity contribution < 1.29 is 18.5 Å². The van der Waals surface area contributed by atoms with Crippen molar-refractivity contribution in [1.82, 2.24) is 4.72 Å². The molecular weight excluding hydrogens is 362 g/mol. The second-order valence-corrected chi connectivity index (χ2v) is 8.82. The molecule has 0 heterocycles. The molecule has 1 aromatic rings. The second kappa shape index (κ2) is 8.32. The first-order valence-electron chi connectivity index (χ1n) is 8.13. The van der Waals surface area contributed by atoms with Gasteiger partial charge in [0.1, 0.15) is 11.0 Å². The van der Waals surface area contributed by atoms with E-state index >= 15 is 0 Å². The van der Waals surface area contributed by atoms with Gasteiger partial charge in [-0.15, -0.1) is 0 Å². The lowest BCUT2D eigenvalue weighted by atomic mass is 9.76.